The van der Waals surface area contributed by atoms with Crippen molar-refractivity contribution in [1.82, 2.24) is 19.5 Å². The number of aliphatic hydroxyl groups excluding tert-OH is 1. The van der Waals surface area contributed by atoms with Gasteiger partial charge < -0.3 is 15.4 Å². The van der Waals surface area contributed by atoms with Gasteiger partial charge in [0.15, 0.2) is 11.5 Å². The van der Waals surface area contributed by atoms with E-state index >= 15 is 0 Å². The van der Waals surface area contributed by atoms with Crippen molar-refractivity contribution in [3.8, 4) is 0 Å². The van der Waals surface area contributed by atoms with Crippen LogP contribution < -0.4 is 5.73 Å². The molecule has 0 aliphatic heterocycles. The maximum Gasteiger partial charge on any atom is 0.165 e. The number of hydrogen-bond donors (Lipinski definition) is 2. The zero-order chi connectivity index (χ0) is 13.8. The van der Waals surface area contributed by atoms with Gasteiger partial charge in [-0.05, 0) is 13.3 Å². The normalized spacial score (nSPS) is 14.7. The first-order valence-corrected chi connectivity index (χ1v) is 6.76. The molecule has 2 aromatic heterocycles. The molecule has 6 heteroatoms. The molecule has 0 aromatic carbocycles. The van der Waals surface area contributed by atoms with Crippen LogP contribution in [0.4, 0.5) is 5.82 Å². The van der Waals surface area contributed by atoms with Crippen molar-refractivity contribution < 1.29 is 5.11 Å². The molecule has 0 radical (unpaired) electrons. The minimum Gasteiger partial charge on any atom is -0.391 e. The zero-order valence-corrected chi connectivity index (χ0v) is 11.5. The van der Waals surface area contributed by atoms with Gasteiger partial charge in [-0.2, -0.15) is 0 Å². The highest BCUT2D eigenvalue weighted by Crippen LogP contribution is 2.22. The first kappa shape index (κ1) is 13.7. The van der Waals surface area contributed by atoms with Crippen molar-refractivity contribution >= 4 is 17.0 Å². The second kappa shape index (κ2) is 5.97. The molecule has 0 spiro atoms. The number of nitrogens with zero attached hydrogens (tertiary/aromatic N) is 4. The molecule has 19 heavy (non-hydrogen) atoms. The Morgan fingerprint density at radius 2 is 2.11 bits per heavy atom. The van der Waals surface area contributed by atoms with E-state index in [1.165, 1.54) is 6.33 Å². The summed E-state index contributed by atoms with van der Waals surface area (Å²) in [5.74, 6) is 0.372. The third-order valence-electron chi connectivity index (χ3n) is 3.49. The number of rotatable bonds is 6. The number of aliphatic hydroxyl groups is 1. The molecule has 2 heterocycles. The zero-order valence-electron chi connectivity index (χ0n) is 11.5. The molecule has 104 valence electrons. The van der Waals surface area contributed by atoms with E-state index in [-0.39, 0.29) is 6.04 Å². The molecule has 0 amide bonds. The molecule has 6 nitrogen and oxygen atoms in total. The lowest BCUT2D eigenvalue weighted by molar-refractivity contribution is 0.110. The summed E-state index contributed by atoms with van der Waals surface area (Å²) in [7, 11) is 0. The second-order valence-corrected chi connectivity index (χ2v) is 4.89. The Morgan fingerprint density at radius 1 is 1.32 bits per heavy atom. The van der Waals surface area contributed by atoms with E-state index in [1.54, 1.807) is 6.33 Å². The number of fused-ring (bicyclic) bond motifs is 1. The van der Waals surface area contributed by atoms with Gasteiger partial charge in [-0.25, -0.2) is 15.0 Å². The van der Waals surface area contributed by atoms with Gasteiger partial charge in [-0.15, -0.1) is 0 Å². The third kappa shape index (κ3) is 2.84. The predicted octanol–water partition coefficient (Wildman–Crippen LogP) is 1.91. The number of nitrogen functional groups attached to an aromatic ring is 1. The Bertz CT molecular complexity index is 539. The standard InChI is InChI=1S/C13H21N5O/c1-3-4-5-6-10(19)9(2)18-8-17-11-12(14)15-7-16-13(11)18/h7-10,19H,3-6H2,1-2H3,(H2,14,15,16)/t9?,10-/m0/s1. The summed E-state index contributed by atoms with van der Waals surface area (Å²) in [5, 5.41) is 10.2. The SMILES string of the molecule is CCCCC[C@H](O)C(C)n1cnc2c(N)ncnc21. The summed E-state index contributed by atoms with van der Waals surface area (Å²) in [6.07, 6.45) is 6.80. The maximum atomic E-state index is 10.2. The molecule has 0 saturated carbocycles. The second-order valence-electron chi connectivity index (χ2n) is 4.89. The summed E-state index contributed by atoms with van der Waals surface area (Å²) >= 11 is 0. The van der Waals surface area contributed by atoms with Crippen LogP contribution in [0.1, 0.15) is 45.6 Å². The average Bonchev–Trinajstić information content (AvgIpc) is 2.83. The molecule has 2 rings (SSSR count). The lowest BCUT2D eigenvalue weighted by atomic mass is 10.1. The molecule has 2 atom stereocenters. The van der Waals surface area contributed by atoms with Gasteiger partial charge in [0.2, 0.25) is 0 Å². The monoisotopic (exact) mass is 263 g/mol. The molecular formula is C13H21N5O. The van der Waals surface area contributed by atoms with Gasteiger partial charge in [0.05, 0.1) is 18.5 Å². The molecule has 0 fully saturated rings. The molecule has 0 saturated heterocycles. The summed E-state index contributed by atoms with van der Waals surface area (Å²) < 4.78 is 1.87. The van der Waals surface area contributed by atoms with Crippen LogP contribution in [-0.2, 0) is 0 Å². The van der Waals surface area contributed by atoms with E-state index in [0.717, 1.165) is 25.7 Å². The smallest absolute Gasteiger partial charge is 0.165 e. The highest BCUT2D eigenvalue weighted by molar-refractivity contribution is 5.81. The number of hydrogen-bond acceptors (Lipinski definition) is 5. The Morgan fingerprint density at radius 3 is 2.84 bits per heavy atom. The molecular weight excluding hydrogens is 242 g/mol. The van der Waals surface area contributed by atoms with Crippen LogP contribution in [0, 0.1) is 0 Å². The number of nitrogens with two attached hydrogens (primary N) is 1. The van der Waals surface area contributed by atoms with Gasteiger partial charge in [0, 0.05) is 0 Å². The van der Waals surface area contributed by atoms with Crippen molar-refractivity contribution in [2.24, 2.45) is 0 Å². The van der Waals surface area contributed by atoms with E-state index in [0.29, 0.717) is 17.0 Å². The minimum atomic E-state index is -0.403. The van der Waals surface area contributed by atoms with Crippen LogP contribution >= 0.6 is 0 Å². The molecule has 3 N–H and O–H groups in total. The van der Waals surface area contributed by atoms with E-state index in [1.807, 2.05) is 11.5 Å². The van der Waals surface area contributed by atoms with Crippen molar-refractivity contribution in [1.29, 1.82) is 0 Å². The van der Waals surface area contributed by atoms with Gasteiger partial charge in [0.25, 0.3) is 0 Å². The molecule has 0 aliphatic carbocycles. The fourth-order valence-electron chi connectivity index (χ4n) is 2.20. The first-order chi connectivity index (χ1) is 9.15. The average molecular weight is 263 g/mol. The maximum absolute atomic E-state index is 10.2. The van der Waals surface area contributed by atoms with Crippen LogP contribution in [0.2, 0.25) is 0 Å². The van der Waals surface area contributed by atoms with E-state index in [4.69, 9.17) is 5.73 Å². The van der Waals surface area contributed by atoms with Crippen LogP contribution in [0.5, 0.6) is 0 Å². The van der Waals surface area contributed by atoms with E-state index < -0.39 is 6.10 Å². The van der Waals surface area contributed by atoms with Crippen LogP contribution in [0.15, 0.2) is 12.7 Å². The number of unbranched alkanes of at least 4 members (excludes halogenated alkanes) is 2. The quantitative estimate of drug-likeness (QED) is 0.777. The summed E-state index contributed by atoms with van der Waals surface area (Å²) in [5.41, 5.74) is 7.02. The third-order valence-corrected chi connectivity index (χ3v) is 3.49. The van der Waals surface area contributed by atoms with Gasteiger partial charge in [-0.1, -0.05) is 26.2 Å². The minimum absolute atomic E-state index is 0.0730. The molecule has 1 unspecified atom stereocenters. The van der Waals surface area contributed by atoms with Crippen molar-refractivity contribution in [3.05, 3.63) is 12.7 Å². The topological polar surface area (TPSA) is 89.8 Å². The lowest BCUT2D eigenvalue weighted by Gasteiger charge is -2.20. The van der Waals surface area contributed by atoms with E-state index in [9.17, 15) is 5.11 Å². The fraction of sp³-hybridized carbons (Fsp3) is 0.615. The Labute approximate surface area is 112 Å². The Kier molecular flexibility index (Phi) is 4.31. The Balaban J connectivity index is 2.17. The number of aromatic nitrogens is 4. The lowest BCUT2D eigenvalue weighted by Crippen LogP contribution is -2.21. The van der Waals surface area contributed by atoms with Gasteiger partial charge >= 0.3 is 0 Å². The first-order valence-electron chi connectivity index (χ1n) is 6.76. The van der Waals surface area contributed by atoms with Crippen LogP contribution in [-0.4, -0.2) is 30.7 Å². The van der Waals surface area contributed by atoms with Crippen LogP contribution in [0.25, 0.3) is 11.2 Å². The molecule has 0 bridgehead atoms. The highest BCUT2D eigenvalue weighted by atomic mass is 16.3. The fourth-order valence-corrected chi connectivity index (χ4v) is 2.20. The predicted molar refractivity (Wildman–Crippen MR) is 74.6 cm³/mol. The summed E-state index contributed by atoms with van der Waals surface area (Å²) in [4.78, 5) is 12.3. The van der Waals surface area contributed by atoms with Gasteiger partial charge in [0.1, 0.15) is 11.8 Å². The van der Waals surface area contributed by atoms with E-state index in [2.05, 4.69) is 21.9 Å². The van der Waals surface area contributed by atoms with Crippen molar-refractivity contribution in [2.75, 3.05) is 5.73 Å². The number of anilines is 1. The molecule has 2 aromatic rings. The van der Waals surface area contributed by atoms with Crippen molar-refractivity contribution in [3.63, 3.8) is 0 Å². The summed E-state index contributed by atoms with van der Waals surface area (Å²) in [6, 6.07) is -0.0730. The summed E-state index contributed by atoms with van der Waals surface area (Å²) in [6.45, 7) is 4.12. The van der Waals surface area contributed by atoms with Crippen molar-refractivity contribution in [2.45, 2.75) is 51.7 Å². The largest absolute Gasteiger partial charge is 0.391 e. The van der Waals surface area contributed by atoms with Crippen LogP contribution in [0.3, 0.4) is 0 Å². The molecule has 0 aliphatic rings. The highest BCUT2D eigenvalue weighted by Gasteiger charge is 2.19. The Hall–Kier alpha value is -1.69. The number of imidazole rings is 1. The van der Waals surface area contributed by atoms with Gasteiger partial charge in [-0.3, -0.25) is 0 Å².